The summed E-state index contributed by atoms with van der Waals surface area (Å²) in [4.78, 5) is 2.35. The lowest BCUT2D eigenvalue weighted by Crippen LogP contribution is -2.21. The molecule has 0 spiro atoms. The van der Waals surface area contributed by atoms with E-state index in [9.17, 15) is 0 Å². The molecular weight excluding hydrogens is 338 g/mol. The highest BCUT2D eigenvalue weighted by molar-refractivity contribution is 5.47. The largest absolute Gasteiger partial charge is 0.372 e. The fourth-order valence-corrected chi connectivity index (χ4v) is 2.62. The SMILES string of the molecule is CCN(CC)c1ccc(C)cc1.Cc1ccc(C)cc1.Cc1ccc(C)cc1. The zero-order valence-electron chi connectivity index (χ0n) is 18.8. The van der Waals surface area contributed by atoms with E-state index in [-0.39, 0.29) is 0 Å². The Morgan fingerprint density at radius 2 is 0.643 bits per heavy atom. The molecule has 0 bridgehead atoms. The molecule has 3 aromatic carbocycles. The third kappa shape index (κ3) is 9.41. The van der Waals surface area contributed by atoms with Crippen molar-refractivity contribution in [3.63, 3.8) is 0 Å². The van der Waals surface area contributed by atoms with Crippen LogP contribution in [0.5, 0.6) is 0 Å². The second-order valence-corrected chi connectivity index (χ2v) is 7.32. The summed E-state index contributed by atoms with van der Waals surface area (Å²) in [6, 6.07) is 25.6. The Kier molecular flexibility index (Phi) is 10.7. The Bertz CT molecular complexity index is 679. The van der Waals surface area contributed by atoms with E-state index in [4.69, 9.17) is 0 Å². The van der Waals surface area contributed by atoms with Gasteiger partial charge in [-0.1, -0.05) is 88.5 Å². The molecule has 0 aliphatic rings. The molecule has 0 aliphatic carbocycles. The van der Waals surface area contributed by atoms with E-state index < -0.39 is 0 Å². The molecule has 0 saturated heterocycles. The van der Waals surface area contributed by atoms with E-state index in [0.29, 0.717) is 0 Å². The van der Waals surface area contributed by atoms with Crippen molar-refractivity contribution in [3.05, 3.63) is 101 Å². The minimum Gasteiger partial charge on any atom is -0.372 e. The van der Waals surface area contributed by atoms with Crippen LogP contribution < -0.4 is 4.90 Å². The lowest BCUT2D eigenvalue weighted by atomic mass is 10.2. The quantitative estimate of drug-likeness (QED) is 0.459. The molecule has 0 unspecified atom stereocenters. The molecule has 3 aromatic rings. The van der Waals surface area contributed by atoms with Gasteiger partial charge in [-0.15, -0.1) is 0 Å². The van der Waals surface area contributed by atoms with E-state index in [1.807, 2.05) is 0 Å². The first-order valence-corrected chi connectivity index (χ1v) is 10.2. The van der Waals surface area contributed by atoms with Crippen LogP contribution in [-0.2, 0) is 0 Å². The molecular formula is C27H37N. The summed E-state index contributed by atoms with van der Waals surface area (Å²) in [5, 5.41) is 0. The molecule has 0 heterocycles. The number of anilines is 1. The zero-order chi connectivity index (χ0) is 20.9. The maximum atomic E-state index is 2.35. The van der Waals surface area contributed by atoms with E-state index in [0.717, 1.165) is 13.1 Å². The second-order valence-electron chi connectivity index (χ2n) is 7.32. The van der Waals surface area contributed by atoms with Gasteiger partial charge in [0.05, 0.1) is 0 Å². The molecule has 0 aliphatic heterocycles. The molecule has 0 fully saturated rings. The number of nitrogens with zero attached hydrogens (tertiary/aromatic N) is 1. The maximum Gasteiger partial charge on any atom is 0.0366 e. The van der Waals surface area contributed by atoms with Crippen LogP contribution in [0.25, 0.3) is 0 Å². The van der Waals surface area contributed by atoms with Gasteiger partial charge in [0, 0.05) is 18.8 Å². The Morgan fingerprint density at radius 3 is 0.857 bits per heavy atom. The highest BCUT2D eigenvalue weighted by atomic mass is 15.1. The number of hydrogen-bond donors (Lipinski definition) is 0. The summed E-state index contributed by atoms with van der Waals surface area (Å²) in [5.74, 6) is 0. The van der Waals surface area contributed by atoms with Crippen LogP contribution in [0, 0.1) is 34.6 Å². The monoisotopic (exact) mass is 375 g/mol. The van der Waals surface area contributed by atoms with Crippen LogP contribution in [0.4, 0.5) is 5.69 Å². The Morgan fingerprint density at radius 1 is 0.429 bits per heavy atom. The molecule has 3 rings (SSSR count). The van der Waals surface area contributed by atoms with Crippen LogP contribution in [0.3, 0.4) is 0 Å². The molecule has 28 heavy (non-hydrogen) atoms. The topological polar surface area (TPSA) is 3.24 Å². The van der Waals surface area contributed by atoms with Gasteiger partial charge in [0.2, 0.25) is 0 Å². The summed E-state index contributed by atoms with van der Waals surface area (Å²) in [6.45, 7) is 17.0. The predicted octanol–water partition coefficient (Wildman–Crippen LogP) is 7.45. The summed E-state index contributed by atoms with van der Waals surface area (Å²) >= 11 is 0. The van der Waals surface area contributed by atoms with Crippen molar-refractivity contribution in [1.82, 2.24) is 0 Å². The van der Waals surface area contributed by atoms with Gasteiger partial charge < -0.3 is 4.90 Å². The van der Waals surface area contributed by atoms with Crippen molar-refractivity contribution in [2.24, 2.45) is 0 Å². The van der Waals surface area contributed by atoms with Gasteiger partial charge in [0.1, 0.15) is 0 Å². The van der Waals surface area contributed by atoms with E-state index >= 15 is 0 Å². The minimum atomic E-state index is 1.08. The standard InChI is InChI=1S/C11H17N.2C8H10/c1-4-12(5-2)11-8-6-10(3)7-9-11;2*1-7-3-5-8(2)6-4-7/h6-9H,4-5H2,1-3H3;2*3-6H,1-2H3. The number of benzene rings is 3. The summed E-state index contributed by atoms with van der Waals surface area (Å²) in [6.07, 6.45) is 0. The van der Waals surface area contributed by atoms with Crippen LogP contribution in [0.2, 0.25) is 0 Å². The van der Waals surface area contributed by atoms with Crippen molar-refractivity contribution in [2.75, 3.05) is 18.0 Å². The molecule has 1 heteroatoms. The Labute approximate surface area is 173 Å². The van der Waals surface area contributed by atoms with Gasteiger partial charge in [0.25, 0.3) is 0 Å². The third-order valence-electron chi connectivity index (χ3n) is 4.60. The van der Waals surface area contributed by atoms with Crippen molar-refractivity contribution in [1.29, 1.82) is 0 Å². The molecule has 150 valence electrons. The van der Waals surface area contributed by atoms with Gasteiger partial charge in [-0.25, -0.2) is 0 Å². The maximum absolute atomic E-state index is 2.35. The Balaban J connectivity index is 0.000000217. The summed E-state index contributed by atoms with van der Waals surface area (Å²) < 4.78 is 0. The fraction of sp³-hybridized carbons (Fsp3) is 0.333. The van der Waals surface area contributed by atoms with Gasteiger partial charge in [0.15, 0.2) is 0 Å². The number of rotatable bonds is 3. The summed E-state index contributed by atoms with van der Waals surface area (Å²) in [5.41, 5.74) is 7.97. The minimum absolute atomic E-state index is 1.08. The molecule has 0 radical (unpaired) electrons. The first kappa shape index (κ1) is 23.5. The van der Waals surface area contributed by atoms with Crippen molar-refractivity contribution < 1.29 is 0 Å². The summed E-state index contributed by atoms with van der Waals surface area (Å²) in [7, 11) is 0. The van der Waals surface area contributed by atoms with Gasteiger partial charge >= 0.3 is 0 Å². The second kappa shape index (κ2) is 12.8. The molecule has 0 atom stereocenters. The zero-order valence-corrected chi connectivity index (χ0v) is 18.8. The van der Waals surface area contributed by atoms with Crippen LogP contribution in [0.15, 0.2) is 72.8 Å². The molecule has 0 amide bonds. The van der Waals surface area contributed by atoms with Gasteiger partial charge in [-0.05, 0) is 60.6 Å². The smallest absolute Gasteiger partial charge is 0.0366 e. The first-order chi connectivity index (χ1) is 13.3. The average Bonchev–Trinajstić information content (AvgIpc) is 2.70. The van der Waals surface area contributed by atoms with Gasteiger partial charge in [-0.2, -0.15) is 0 Å². The van der Waals surface area contributed by atoms with Crippen molar-refractivity contribution in [3.8, 4) is 0 Å². The molecule has 0 aromatic heterocycles. The van der Waals surface area contributed by atoms with Crippen molar-refractivity contribution >= 4 is 5.69 Å². The fourth-order valence-electron chi connectivity index (χ4n) is 2.62. The predicted molar refractivity (Wildman–Crippen MR) is 127 cm³/mol. The molecule has 0 saturated carbocycles. The Hall–Kier alpha value is -2.54. The van der Waals surface area contributed by atoms with E-state index in [1.54, 1.807) is 0 Å². The lowest BCUT2D eigenvalue weighted by molar-refractivity contribution is 0.866. The number of hydrogen-bond acceptors (Lipinski definition) is 1. The van der Waals surface area contributed by atoms with Crippen LogP contribution >= 0.6 is 0 Å². The normalized spacial score (nSPS) is 9.54. The lowest BCUT2D eigenvalue weighted by Gasteiger charge is -2.20. The highest BCUT2D eigenvalue weighted by Crippen LogP contribution is 2.13. The van der Waals surface area contributed by atoms with Crippen LogP contribution in [0.1, 0.15) is 41.7 Å². The number of aryl methyl sites for hydroxylation is 5. The highest BCUT2D eigenvalue weighted by Gasteiger charge is 1.98. The molecule has 1 nitrogen and oxygen atoms in total. The van der Waals surface area contributed by atoms with Crippen LogP contribution in [-0.4, -0.2) is 13.1 Å². The average molecular weight is 376 g/mol. The first-order valence-electron chi connectivity index (χ1n) is 10.2. The van der Waals surface area contributed by atoms with Crippen molar-refractivity contribution in [2.45, 2.75) is 48.5 Å². The van der Waals surface area contributed by atoms with E-state index in [1.165, 1.54) is 33.5 Å². The van der Waals surface area contributed by atoms with Gasteiger partial charge in [-0.3, -0.25) is 0 Å². The molecule has 0 N–H and O–H groups in total. The van der Waals surface area contributed by atoms with E-state index in [2.05, 4.69) is 126 Å². The third-order valence-corrected chi connectivity index (χ3v) is 4.60.